The lowest BCUT2D eigenvalue weighted by Gasteiger charge is -2.55. The molecule has 25 heavy (non-hydrogen) atoms. The van der Waals surface area contributed by atoms with Crippen molar-refractivity contribution in [2.45, 2.75) is 63.8 Å². The van der Waals surface area contributed by atoms with Crippen molar-refractivity contribution in [2.75, 3.05) is 25.0 Å². The number of likely N-dealkylation sites (tertiary alicyclic amines) is 1. The quantitative estimate of drug-likeness (QED) is 0.806. The second-order valence-corrected chi connectivity index (χ2v) is 9.36. The first-order valence-electron chi connectivity index (χ1n) is 10.2. The first kappa shape index (κ1) is 17.7. The molecule has 2 bridgehead atoms. The van der Waals surface area contributed by atoms with Gasteiger partial charge >= 0.3 is 0 Å². The van der Waals surface area contributed by atoms with Gasteiger partial charge in [0.05, 0.1) is 0 Å². The lowest BCUT2D eigenvalue weighted by atomic mass is 9.59. The zero-order valence-electron chi connectivity index (χ0n) is 15.8. The van der Waals surface area contributed by atoms with Gasteiger partial charge in [-0.15, -0.1) is 12.4 Å². The SMILES string of the molecule is C[C@H]1C2Cc3ccc(NCC4CC4)cc3[C@@]1(C)CCN2CC1CC1.Cl. The highest BCUT2D eigenvalue weighted by molar-refractivity contribution is 5.85. The van der Waals surface area contributed by atoms with Crippen LogP contribution in [0.25, 0.3) is 0 Å². The second kappa shape index (κ2) is 6.46. The van der Waals surface area contributed by atoms with Crippen molar-refractivity contribution in [1.82, 2.24) is 4.90 Å². The van der Waals surface area contributed by atoms with Crippen LogP contribution in [0.5, 0.6) is 0 Å². The molecule has 5 rings (SSSR count). The minimum Gasteiger partial charge on any atom is -0.385 e. The van der Waals surface area contributed by atoms with Crippen LogP contribution in [0.3, 0.4) is 0 Å². The molecule has 2 nitrogen and oxygen atoms in total. The van der Waals surface area contributed by atoms with E-state index in [9.17, 15) is 0 Å². The third-order valence-corrected chi connectivity index (χ3v) is 7.61. The van der Waals surface area contributed by atoms with Gasteiger partial charge in [-0.25, -0.2) is 0 Å². The largest absolute Gasteiger partial charge is 0.385 e. The fraction of sp³-hybridized carbons (Fsp3) is 0.727. The van der Waals surface area contributed by atoms with E-state index in [2.05, 4.69) is 42.3 Å². The number of piperidine rings is 1. The molecule has 0 amide bonds. The van der Waals surface area contributed by atoms with Gasteiger partial charge in [-0.2, -0.15) is 0 Å². The fourth-order valence-corrected chi connectivity index (χ4v) is 5.26. The van der Waals surface area contributed by atoms with E-state index in [1.54, 1.807) is 11.1 Å². The lowest BCUT2D eigenvalue weighted by molar-refractivity contribution is 0.0284. The number of hydrogen-bond acceptors (Lipinski definition) is 2. The molecule has 3 fully saturated rings. The molecular formula is C22H33ClN2. The number of rotatable bonds is 5. The molecule has 0 aromatic heterocycles. The van der Waals surface area contributed by atoms with Crippen molar-refractivity contribution in [3.05, 3.63) is 29.3 Å². The van der Waals surface area contributed by atoms with E-state index >= 15 is 0 Å². The Balaban J connectivity index is 0.00000157. The lowest BCUT2D eigenvalue weighted by Crippen LogP contribution is -2.58. The molecule has 0 spiro atoms. The van der Waals surface area contributed by atoms with E-state index in [0.29, 0.717) is 5.41 Å². The zero-order valence-corrected chi connectivity index (χ0v) is 16.6. The van der Waals surface area contributed by atoms with Crippen molar-refractivity contribution >= 4 is 18.1 Å². The van der Waals surface area contributed by atoms with Gasteiger partial charge in [0.2, 0.25) is 0 Å². The van der Waals surface area contributed by atoms with Gasteiger partial charge in [-0.3, -0.25) is 4.90 Å². The minimum absolute atomic E-state index is 0. The van der Waals surface area contributed by atoms with Crippen LogP contribution >= 0.6 is 12.4 Å². The molecule has 1 aromatic carbocycles. The Kier molecular flexibility index (Phi) is 4.57. The van der Waals surface area contributed by atoms with Crippen LogP contribution in [0.1, 0.15) is 57.1 Å². The number of fused-ring (bicyclic) bond motifs is 4. The summed E-state index contributed by atoms with van der Waals surface area (Å²) in [5.74, 6) is 2.72. The monoisotopic (exact) mass is 360 g/mol. The van der Waals surface area contributed by atoms with Crippen molar-refractivity contribution in [3.63, 3.8) is 0 Å². The van der Waals surface area contributed by atoms with Crippen molar-refractivity contribution in [3.8, 4) is 0 Å². The number of nitrogens with one attached hydrogen (secondary N) is 1. The van der Waals surface area contributed by atoms with Gasteiger partial charge in [-0.1, -0.05) is 19.9 Å². The second-order valence-electron chi connectivity index (χ2n) is 9.36. The average molecular weight is 361 g/mol. The Morgan fingerprint density at radius 3 is 2.64 bits per heavy atom. The highest BCUT2D eigenvalue weighted by Gasteiger charge is 2.49. The number of anilines is 1. The molecule has 3 atom stereocenters. The van der Waals surface area contributed by atoms with Crippen LogP contribution in [0.2, 0.25) is 0 Å². The molecule has 3 heteroatoms. The highest BCUT2D eigenvalue weighted by Crippen LogP contribution is 2.50. The molecule has 4 aliphatic rings. The van der Waals surface area contributed by atoms with Crippen LogP contribution in [0.15, 0.2) is 18.2 Å². The highest BCUT2D eigenvalue weighted by atomic mass is 35.5. The number of halogens is 1. The van der Waals surface area contributed by atoms with Crippen LogP contribution in [0, 0.1) is 17.8 Å². The summed E-state index contributed by atoms with van der Waals surface area (Å²) in [5.41, 5.74) is 5.00. The van der Waals surface area contributed by atoms with Gasteiger partial charge in [-0.05, 0) is 91.5 Å². The Morgan fingerprint density at radius 2 is 1.92 bits per heavy atom. The van der Waals surface area contributed by atoms with Gasteiger partial charge in [0.15, 0.2) is 0 Å². The maximum absolute atomic E-state index is 3.70. The normalized spacial score (nSPS) is 34.2. The molecule has 3 aliphatic carbocycles. The van der Waals surface area contributed by atoms with Gasteiger partial charge in [0.1, 0.15) is 0 Å². The van der Waals surface area contributed by atoms with Crippen LogP contribution in [0.4, 0.5) is 5.69 Å². The average Bonchev–Trinajstić information content (AvgIpc) is 3.47. The molecule has 1 N–H and O–H groups in total. The Labute approximate surface area is 159 Å². The summed E-state index contributed by atoms with van der Waals surface area (Å²) in [6, 6.07) is 8.03. The summed E-state index contributed by atoms with van der Waals surface area (Å²) in [5, 5.41) is 3.70. The maximum Gasteiger partial charge on any atom is 0.0343 e. The van der Waals surface area contributed by atoms with Crippen LogP contribution < -0.4 is 5.32 Å². The van der Waals surface area contributed by atoms with Crippen molar-refractivity contribution in [2.24, 2.45) is 17.8 Å². The standard InChI is InChI=1S/C22H32N2.ClH/c1-15-21-11-18-7-8-19(23-13-16-3-4-16)12-20(18)22(15,2)9-10-24(21)14-17-5-6-17;/h7-8,12,15-17,21,23H,3-6,9-11,13-14H2,1-2H3;1H/t15-,21?,22-;/m0./s1. The molecule has 0 radical (unpaired) electrons. The Hall–Kier alpha value is -0.730. The fourth-order valence-electron chi connectivity index (χ4n) is 5.26. The van der Waals surface area contributed by atoms with Crippen molar-refractivity contribution < 1.29 is 0 Å². The molecular weight excluding hydrogens is 328 g/mol. The van der Waals surface area contributed by atoms with Gasteiger partial charge < -0.3 is 5.32 Å². The molecule has 1 unspecified atom stereocenters. The summed E-state index contributed by atoms with van der Waals surface area (Å²) in [7, 11) is 0. The molecule has 2 saturated carbocycles. The number of benzene rings is 1. The van der Waals surface area contributed by atoms with E-state index in [-0.39, 0.29) is 12.4 Å². The van der Waals surface area contributed by atoms with E-state index in [1.165, 1.54) is 63.8 Å². The Morgan fingerprint density at radius 1 is 1.16 bits per heavy atom. The minimum atomic E-state index is 0. The smallest absolute Gasteiger partial charge is 0.0343 e. The summed E-state index contributed by atoms with van der Waals surface area (Å²) in [6.07, 6.45) is 8.39. The molecule has 1 aliphatic heterocycles. The maximum atomic E-state index is 3.70. The van der Waals surface area contributed by atoms with E-state index in [0.717, 1.165) is 23.8 Å². The predicted molar refractivity (Wildman–Crippen MR) is 108 cm³/mol. The van der Waals surface area contributed by atoms with Gasteiger partial charge in [0.25, 0.3) is 0 Å². The van der Waals surface area contributed by atoms with E-state index in [1.807, 2.05) is 0 Å². The van der Waals surface area contributed by atoms with Gasteiger partial charge in [0, 0.05) is 24.8 Å². The van der Waals surface area contributed by atoms with Crippen molar-refractivity contribution in [1.29, 1.82) is 0 Å². The summed E-state index contributed by atoms with van der Waals surface area (Å²) >= 11 is 0. The van der Waals surface area contributed by atoms with E-state index in [4.69, 9.17) is 0 Å². The zero-order chi connectivity index (χ0) is 16.3. The predicted octanol–water partition coefficient (Wildman–Crippen LogP) is 4.86. The number of hydrogen-bond donors (Lipinski definition) is 1. The third-order valence-electron chi connectivity index (χ3n) is 7.61. The Bertz CT molecular complexity index is 637. The summed E-state index contributed by atoms with van der Waals surface area (Å²) in [6.45, 7) is 8.91. The topological polar surface area (TPSA) is 15.3 Å². The first-order valence-corrected chi connectivity index (χ1v) is 10.2. The molecule has 138 valence electrons. The van der Waals surface area contributed by atoms with Crippen LogP contribution in [-0.2, 0) is 11.8 Å². The number of nitrogens with zero attached hydrogens (tertiary/aromatic N) is 1. The summed E-state index contributed by atoms with van der Waals surface area (Å²) < 4.78 is 0. The van der Waals surface area contributed by atoms with Crippen LogP contribution in [-0.4, -0.2) is 30.6 Å². The van der Waals surface area contributed by atoms with E-state index < -0.39 is 0 Å². The summed E-state index contributed by atoms with van der Waals surface area (Å²) in [4.78, 5) is 2.84. The molecule has 1 saturated heterocycles. The first-order chi connectivity index (χ1) is 11.6. The molecule has 1 heterocycles. The third kappa shape index (κ3) is 3.21. The molecule has 1 aromatic rings.